The molecule has 2 aliphatic carbocycles. The Labute approximate surface area is 162 Å². The van der Waals surface area contributed by atoms with Gasteiger partial charge in [0.25, 0.3) is 0 Å². The largest absolute Gasteiger partial charge is 0.356 e. The molecule has 2 amide bonds. The van der Waals surface area contributed by atoms with Crippen molar-refractivity contribution in [2.75, 3.05) is 11.9 Å². The molecule has 2 N–H and O–H groups in total. The van der Waals surface area contributed by atoms with Crippen molar-refractivity contribution >= 4 is 17.5 Å². The highest BCUT2D eigenvalue weighted by atomic mass is 16.2. The van der Waals surface area contributed by atoms with E-state index in [4.69, 9.17) is 0 Å². The monoisotopic (exact) mass is 368 g/mol. The molecule has 1 aromatic carbocycles. The van der Waals surface area contributed by atoms with Crippen LogP contribution >= 0.6 is 0 Å². The highest BCUT2D eigenvalue weighted by Crippen LogP contribution is 2.30. The van der Waals surface area contributed by atoms with Crippen LogP contribution in [0.1, 0.15) is 63.4 Å². The van der Waals surface area contributed by atoms with E-state index >= 15 is 0 Å². The molecule has 1 fully saturated rings. The summed E-state index contributed by atoms with van der Waals surface area (Å²) in [6.07, 6.45) is 11.5. The van der Waals surface area contributed by atoms with Gasteiger partial charge in [-0.1, -0.05) is 29.8 Å². The van der Waals surface area contributed by atoms with E-state index < -0.39 is 0 Å². The van der Waals surface area contributed by atoms with Crippen molar-refractivity contribution in [3.05, 3.63) is 41.5 Å². The second kappa shape index (κ2) is 9.72. The normalized spacial score (nSPS) is 22.6. The van der Waals surface area contributed by atoms with Crippen LogP contribution in [-0.2, 0) is 9.59 Å². The van der Waals surface area contributed by atoms with Crippen LogP contribution < -0.4 is 10.6 Å². The van der Waals surface area contributed by atoms with Crippen molar-refractivity contribution in [3.8, 4) is 0 Å². The molecular weight excluding hydrogens is 336 g/mol. The predicted octanol–water partition coefficient (Wildman–Crippen LogP) is 4.75. The number of allylic oxidation sites excluding steroid dienone is 1. The smallest absolute Gasteiger partial charge is 0.227 e. The maximum atomic E-state index is 12.5. The van der Waals surface area contributed by atoms with Gasteiger partial charge in [0.2, 0.25) is 11.8 Å². The van der Waals surface area contributed by atoms with E-state index in [0.29, 0.717) is 0 Å². The lowest BCUT2D eigenvalue weighted by Gasteiger charge is -2.27. The molecule has 27 heavy (non-hydrogen) atoms. The molecule has 0 unspecified atom stereocenters. The van der Waals surface area contributed by atoms with E-state index in [0.717, 1.165) is 49.9 Å². The Balaban J connectivity index is 1.39. The van der Waals surface area contributed by atoms with E-state index in [9.17, 15) is 9.59 Å². The zero-order valence-corrected chi connectivity index (χ0v) is 16.4. The van der Waals surface area contributed by atoms with Crippen molar-refractivity contribution in [1.82, 2.24) is 5.32 Å². The molecule has 0 radical (unpaired) electrons. The maximum absolute atomic E-state index is 12.5. The molecule has 3 rings (SSSR count). The van der Waals surface area contributed by atoms with Crippen LogP contribution in [0.5, 0.6) is 0 Å². The number of hydrogen-bond donors (Lipinski definition) is 2. The fourth-order valence-electron chi connectivity index (χ4n) is 4.19. The van der Waals surface area contributed by atoms with E-state index in [1.807, 2.05) is 31.2 Å². The van der Waals surface area contributed by atoms with Crippen molar-refractivity contribution < 1.29 is 9.59 Å². The average Bonchev–Trinajstić information content (AvgIpc) is 2.70. The van der Waals surface area contributed by atoms with Crippen LogP contribution in [0.3, 0.4) is 0 Å². The van der Waals surface area contributed by atoms with E-state index in [-0.39, 0.29) is 23.7 Å². The SMILES string of the molecule is Cc1ccccc1NC(=O)C1CCC(C(=O)NCCC2=CCCCC2)CC1. The third kappa shape index (κ3) is 5.69. The first-order valence-corrected chi connectivity index (χ1v) is 10.5. The zero-order chi connectivity index (χ0) is 19.1. The summed E-state index contributed by atoms with van der Waals surface area (Å²) in [6, 6.07) is 7.85. The molecule has 0 heterocycles. The van der Waals surface area contributed by atoms with Crippen molar-refractivity contribution in [2.24, 2.45) is 11.8 Å². The number of carbonyl (C=O) groups is 2. The molecule has 0 saturated heterocycles. The van der Waals surface area contributed by atoms with Crippen molar-refractivity contribution in [3.63, 3.8) is 0 Å². The highest BCUT2D eigenvalue weighted by molar-refractivity contribution is 5.93. The van der Waals surface area contributed by atoms with Gasteiger partial charge in [-0.05, 0) is 76.3 Å². The molecule has 4 heteroatoms. The van der Waals surface area contributed by atoms with Crippen molar-refractivity contribution in [2.45, 2.75) is 64.7 Å². The Morgan fingerprint density at radius 1 is 1.00 bits per heavy atom. The first-order valence-electron chi connectivity index (χ1n) is 10.5. The summed E-state index contributed by atoms with van der Waals surface area (Å²) >= 11 is 0. The molecule has 0 aromatic heterocycles. The topological polar surface area (TPSA) is 58.2 Å². The van der Waals surface area contributed by atoms with E-state index in [2.05, 4.69) is 16.7 Å². The number of para-hydroxylation sites is 1. The van der Waals surface area contributed by atoms with E-state index in [1.165, 1.54) is 31.3 Å². The molecule has 0 atom stereocenters. The molecule has 0 spiro atoms. The van der Waals surface area contributed by atoms with Gasteiger partial charge in [-0.2, -0.15) is 0 Å². The second-order valence-electron chi connectivity index (χ2n) is 8.00. The highest BCUT2D eigenvalue weighted by Gasteiger charge is 2.30. The first-order chi connectivity index (χ1) is 13.1. The lowest BCUT2D eigenvalue weighted by molar-refractivity contribution is -0.128. The van der Waals surface area contributed by atoms with Crippen molar-refractivity contribution in [1.29, 1.82) is 0 Å². The number of hydrogen-bond acceptors (Lipinski definition) is 2. The Morgan fingerprint density at radius 3 is 2.37 bits per heavy atom. The minimum absolute atomic E-state index is 0.0149. The molecule has 1 saturated carbocycles. The average molecular weight is 369 g/mol. The molecule has 0 bridgehead atoms. The van der Waals surface area contributed by atoms with Gasteiger partial charge in [-0.3, -0.25) is 9.59 Å². The molecule has 146 valence electrons. The lowest BCUT2D eigenvalue weighted by atomic mass is 9.81. The maximum Gasteiger partial charge on any atom is 0.227 e. The number of amides is 2. The second-order valence-corrected chi connectivity index (χ2v) is 8.00. The number of nitrogens with one attached hydrogen (secondary N) is 2. The summed E-state index contributed by atoms with van der Waals surface area (Å²) in [4.78, 5) is 24.9. The van der Waals surface area contributed by atoms with Crippen LogP contribution in [0.15, 0.2) is 35.9 Å². The number of anilines is 1. The minimum atomic E-state index is 0.0149. The summed E-state index contributed by atoms with van der Waals surface area (Å²) in [5.74, 6) is 0.338. The minimum Gasteiger partial charge on any atom is -0.356 e. The molecule has 1 aromatic rings. The van der Waals surface area contributed by atoms with Crippen LogP contribution in [0.4, 0.5) is 5.69 Å². The van der Waals surface area contributed by atoms with Gasteiger partial charge >= 0.3 is 0 Å². The molecule has 2 aliphatic rings. The van der Waals surface area contributed by atoms with Gasteiger partial charge in [0.15, 0.2) is 0 Å². The standard InChI is InChI=1S/C23H32N2O2/c1-17-7-5-6-10-21(17)25-23(27)20-13-11-19(12-14-20)22(26)24-16-15-18-8-3-2-4-9-18/h5-8,10,19-20H,2-4,9,11-16H2,1H3,(H,24,26)(H,25,27). The molecule has 4 nitrogen and oxygen atoms in total. The third-order valence-electron chi connectivity index (χ3n) is 6.00. The summed E-state index contributed by atoms with van der Waals surface area (Å²) in [6.45, 7) is 2.75. The fourth-order valence-corrected chi connectivity index (χ4v) is 4.19. The summed E-state index contributed by atoms with van der Waals surface area (Å²) < 4.78 is 0. The lowest BCUT2D eigenvalue weighted by Crippen LogP contribution is -2.36. The summed E-state index contributed by atoms with van der Waals surface area (Å²) in [5.41, 5.74) is 3.46. The van der Waals surface area contributed by atoms with Crippen LogP contribution in [0.2, 0.25) is 0 Å². The van der Waals surface area contributed by atoms with Gasteiger partial charge in [-0.25, -0.2) is 0 Å². The summed E-state index contributed by atoms with van der Waals surface area (Å²) in [5, 5.41) is 6.16. The quantitative estimate of drug-likeness (QED) is 0.712. The Kier molecular flexibility index (Phi) is 7.08. The van der Waals surface area contributed by atoms with Crippen LogP contribution in [-0.4, -0.2) is 18.4 Å². The predicted molar refractivity (Wildman–Crippen MR) is 109 cm³/mol. The van der Waals surface area contributed by atoms with Gasteiger partial charge in [-0.15, -0.1) is 0 Å². The summed E-state index contributed by atoms with van der Waals surface area (Å²) in [7, 11) is 0. The van der Waals surface area contributed by atoms with Gasteiger partial charge in [0.1, 0.15) is 0 Å². The number of aryl methyl sites for hydroxylation is 1. The number of carbonyl (C=O) groups excluding carboxylic acids is 2. The van der Waals surface area contributed by atoms with Gasteiger partial charge in [0, 0.05) is 24.1 Å². The number of benzene rings is 1. The van der Waals surface area contributed by atoms with Crippen LogP contribution in [0.25, 0.3) is 0 Å². The Hall–Kier alpha value is -2.10. The Bertz CT molecular complexity index is 687. The van der Waals surface area contributed by atoms with Crippen LogP contribution in [0, 0.1) is 18.8 Å². The van der Waals surface area contributed by atoms with E-state index in [1.54, 1.807) is 0 Å². The first kappa shape index (κ1) is 19.7. The molecular formula is C23H32N2O2. The Morgan fingerprint density at radius 2 is 1.70 bits per heavy atom. The fraction of sp³-hybridized carbons (Fsp3) is 0.565. The molecule has 0 aliphatic heterocycles. The van der Waals surface area contributed by atoms with Gasteiger partial charge in [0.05, 0.1) is 0 Å². The number of rotatable bonds is 6. The van der Waals surface area contributed by atoms with Gasteiger partial charge < -0.3 is 10.6 Å². The third-order valence-corrected chi connectivity index (χ3v) is 6.00. The zero-order valence-electron chi connectivity index (χ0n) is 16.4.